The van der Waals surface area contributed by atoms with Gasteiger partial charge in [0.25, 0.3) is 0 Å². The monoisotopic (exact) mass is 425 g/mol. The third-order valence-electron chi connectivity index (χ3n) is 5.41. The number of alkyl carbamates (subject to hydrolysis) is 1. The van der Waals surface area contributed by atoms with Gasteiger partial charge in [0.1, 0.15) is 5.60 Å². The lowest BCUT2D eigenvalue weighted by Crippen LogP contribution is -2.50. The van der Waals surface area contributed by atoms with E-state index in [1.54, 1.807) is 20.8 Å². The first-order valence-electron chi connectivity index (χ1n) is 10.2. The number of hydrogen-bond acceptors (Lipinski definition) is 5. The number of ether oxygens (including phenoxy) is 1. The van der Waals surface area contributed by atoms with E-state index in [0.717, 1.165) is 0 Å². The van der Waals surface area contributed by atoms with Crippen LogP contribution < -0.4 is 5.32 Å². The van der Waals surface area contributed by atoms with E-state index < -0.39 is 38.1 Å². The maximum atomic E-state index is 12.3. The number of aliphatic hydroxyl groups is 2. The normalized spacial score (nSPS) is 16.1. The van der Waals surface area contributed by atoms with Gasteiger partial charge >= 0.3 is 6.09 Å². The molecule has 0 saturated heterocycles. The summed E-state index contributed by atoms with van der Waals surface area (Å²) < 4.78 is 11.7. The molecule has 0 radical (unpaired) electrons. The molecule has 3 N–H and O–H groups in total. The summed E-state index contributed by atoms with van der Waals surface area (Å²) in [6.45, 7) is 15.9. The van der Waals surface area contributed by atoms with Crippen LogP contribution in [0.2, 0.25) is 18.1 Å². The Morgan fingerprint density at radius 2 is 1.66 bits per heavy atom. The molecule has 0 aliphatic rings. The molecule has 3 atom stereocenters. The fraction of sp³-hybridized carbons (Fsp3) is 0.682. The van der Waals surface area contributed by atoms with Crippen LogP contribution in [0.5, 0.6) is 0 Å². The molecule has 6 nitrogen and oxygen atoms in total. The highest BCUT2D eigenvalue weighted by molar-refractivity contribution is 6.74. The van der Waals surface area contributed by atoms with Crippen LogP contribution in [0.3, 0.4) is 0 Å². The van der Waals surface area contributed by atoms with Gasteiger partial charge < -0.3 is 24.7 Å². The molecule has 0 spiro atoms. The highest BCUT2D eigenvalue weighted by Gasteiger charge is 2.40. The van der Waals surface area contributed by atoms with Gasteiger partial charge in [0.2, 0.25) is 0 Å². The van der Waals surface area contributed by atoms with Crippen molar-refractivity contribution in [3.8, 4) is 0 Å². The van der Waals surface area contributed by atoms with Crippen molar-refractivity contribution in [2.75, 3.05) is 13.2 Å². The van der Waals surface area contributed by atoms with Crippen LogP contribution in [0.15, 0.2) is 30.3 Å². The molecular weight excluding hydrogens is 386 g/mol. The predicted molar refractivity (Wildman–Crippen MR) is 118 cm³/mol. The number of carbonyl (C=O) groups excluding carboxylic acids is 1. The van der Waals surface area contributed by atoms with Crippen LogP contribution >= 0.6 is 0 Å². The van der Waals surface area contributed by atoms with E-state index in [1.807, 2.05) is 30.3 Å². The molecule has 1 rings (SSSR count). The molecule has 0 heterocycles. The Balaban J connectivity index is 3.08. The Bertz CT molecular complexity index is 637. The quantitative estimate of drug-likeness (QED) is 0.542. The first-order valence-corrected chi connectivity index (χ1v) is 13.1. The van der Waals surface area contributed by atoms with Gasteiger partial charge in [-0.05, 0) is 44.5 Å². The smallest absolute Gasteiger partial charge is 0.407 e. The molecule has 0 aliphatic carbocycles. The van der Waals surface area contributed by atoms with Crippen molar-refractivity contribution in [1.29, 1.82) is 0 Å². The second-order valence-corrected chi connectivity index (χ2v) is 14.8. The summed E-state index contributed by atoms with van der Waals surface area (Å²) in [6.07, 6.45) is -1.54. The van der Waals surface area contributed by atoms with Crippen molar-refractivity contribution in [2.45, 2.75) is 77.4 Å². The van der Waals surface area contributed by atoms with Crippen molar-refractivity contribution < 1.29 is 24.2 Å². The Morgan fingerprint density at radius 1 is 1.10 bits per heavy atom. The number of nitrogens with one attached hydrogen (secondary N) is 1. The van der Waals surface area contributed by atoms with E-state index in [-0.39, 0.29) is 18.3 Å². The maximum Gasteiger partial charge on any atom is 0.407 e. The van der Waals surface area contributed by atoms with Gasteiger partial charge in [0, 0.05) is 12.5 Å². The molecular formula is C22H39NO5Si. The van der Waals surface area contributed by atoms with Gasteiger partial charge in [-0.1, -0.05) is 51.1 Å². The molecule has 0 fully saturated rings. The van der Waals surface area contributed by atoms with Crippen LogP contribution in [0.4, 0.5) is 4.79 Å². The van der Waals surface area contributed by atoms with E-state index in [9.17, 15) is 15.0 Å². The second-order valence-electron chi connectivity index (χ2n) is 10.0. The Morgan fingerprint density at radius 3 is 2.10 bits per heavy atom. The minimum atomic E-state index is -2.09. The standard InChI is InChI=1S/C22H39NO5Si/c1-21(2,3)28-20(26)23-18(14-24)17(15-27-29(7,8)22(4,5)6)19(25)16-12-10-9-11-13-16/h9-13,17-19,24-25H,14-15H2,1-8H3,(H,23,26)/t17-,18+,19-/m0/s1. The lowest BCUT2D eigenvalue weighted by molar-refractivity contribution is 0.0171. The van der Waals surface area contributed by atoms with Gasteiger partial charge in [-0.2, -0.15) is 0 Å². The van der Waals surface area contributed by atoms with Gasteiger partial charge in [-0.15, -0.1) is 0 Å². The van der Waals surface area contributed by atoms with E-state index in [4.69, 9.17) is 9.16 Å². The van der Waals surface area contributed by atoms with E-state index in [1.165, 1.54) is 0 Å². The fourth-order valence-corrected chi connectivity index (χ4v) is 3.63. The summed E-state index contributed by atoms with van der Waals surface area (Å²) in [7, 11) is -2.09. The first kappa shape index (κ1) is 25.6. The zero-order chi connectivity index (χ0) is 22.5. The van der Waals surface area contributed by atoms with Crippen molar-refractivity contribution in [2.24, 2.45) is 5.92 Å². The van der Waals surface area contributed by atoms with E-state index in [0.29, 0.717) is 5.56 Å². The van der Waals surface area contributed by atoms with Crippen LogP contribution in [0, 0.1) is 5.92 Å². The van der Waals surface area contributed by atoms with E-state index in [2.05, 4.69) is 39.2 Å². The summed E-state index contributed by atoms with van der Waals surface area (Å²) in [5.41, 5.74) is 0.0516. The molecule has 166 valence electrons. The average molecular weight is 426 g/mol. The Kier molecular flexibility index (Phi) is 8.89. The number of rotatable bonds is 8. The highest BCUT2D eigenvalue weighted by Crippen LogP contribution is 2.38. The zero-order valence-electron chi connectivity index (χ0n) is 19.2. The summed E-state index contributed by atoms with van der Waals surface area (Å²) >= 11 is 0. The minimum absolute atomic E-state index is 0.00253. The molecule has 7 heteroatoms. The third-order valence-corrected chi connectivity index (χ3v) is 9.91. The van der Waals surface area contributed by atoms with Crippen molar-refractivity contribution in [3.05, 3.63) is 35.9 Å². The van der Waals surface area contributed by atoms with Gasteiger partial charge in [-0.25, -0.2) is 4.79 Å². The zero-order valence-corrected chi connectivity index (χ0v) is 20.2. The van der Waals surface area contributed by atoms with Gasteiger partial charge in [0.05, 0.1) is 18.8 Å². The van der Waals surface area contributed by atoms with Crippen LogP contribution in [-0.4, -0.2) is 49.5 Å². The summed E-state index contributed by atoms with van der Waals surface area (Å²) in [4.78, 5) is 12.3. The fourth-order valence-electron chi connectivity index (χ4n) is 2.59. The van der Waals surface area contributed by atoms with Crippen LogP contribution in [0.1, 0.15) is 53.2 Å². The maximum absolute atomic E-state index is 12.3. The summed E-state index contributed by atoms with van der Waals surface area (Å²) in [6, 6.07) is 8.50. The Labute approximate surface area is 176 Å². The number of amides is 1. The first-order chi connectivity index (χ1) is 13.2. The molecule has 1 aromatic rings. The number of aliphatic hydroxyl groups excluding tert-OH is 2. The largest absolute Gasteiger partial charge is 0.444 e. The average Bonchev–Trinajstić information content (AvgIpc) is 2.58. The van der Waals surface area contributed by atoms with Crippen LogP contribution in [-0.2, 0) is 9.16 Å². The SMILES string of the molecule is CC(C)(C)OC(=O)N[C@H](CO)[C@H](CO[Si](C)(C)C(C)(C)C)[C@@H](O)c1ccccc1. The summed E-state index contributed by atoms with van der Waals surface area (Å²) in [5.74, 6) is -0.538. The molecule has 0 unspecified atom stereocenters. The lowest BCUT2D eigenvalue weighted by atomic mass is 9.90. The molecule has 1 aromatic carbocycles. The number of carbonyl (C=O) groups is 1. The molecule has 0 bridgehead atoms. The van der Waals surface area contributed by atoms with Gasteiger partial charge in [-0.3, -0.25) is 0 Å². The molecule has 0 saturated carbocycles. The third kappa shape index (κ3) is 8.08. The minimum Gasteiger partial charge on any atom is -0.444 e. The highest BCUT2D eigenvalue weighted by atomic mass is 28.4. The van der Waals surface area contributed by atoms with Gasteiger partial charge in [0.15, 0.2) is 8.32 Å². The topological polar surface area (TPSA) is 88.0 Å². The lowest BCUT2D eigenvalue weighted by Gasteiger charge is -2.39. The van der Waals surface area contributed by atoms with Crippen molar-refractivity contribution in [1.82, 2.24) is 5.32 Å². The molecule has 0 aliphatic heterocycles. The van der Waals surface area contributed by atoms with E-state index >= 15 is 0 Å². The molecule has 0 aromatic heterocycles. The predicted octanol–water partition coefficient (Wildman–Crippen LogP) is 4.24. The Hall–Kier alpha value is -1.41. The molecule has 1 amide bonds. The second kappa shape index (κ2) is 10.1. The summed E-state index contributed by atoms with van der Waals surface area (Å²) in [5, 5.41) is 23.8. The van der Waals surface area contributed by atoms with Crippen molar-refractivity contribution in [3.63, 3.8) is 0 Å². The van der Waals surface area contributed by atoms with Crippen molar-refractivity contribution >= 4 is 14.4 Å². The molecule has 29 heavy (non-hydrogen) atoms. The van der Waals surface area contributed by atoms with Crippen LogP contribution in [0.25, 0.3) is 0 Å². The number of hydrogen-bond donors (Lipinski definition) is 3. The number of benzene rings is 1.